The van der Waals surface area contributed by atoms with Crippen molar-refractivity contribution in [2.75, 3.05) is 11.4 Å². The SMILES string of the molecule is CCC(C)N(CC)c1ccnc(CNC(C)(C)C)c1. The maximum Gasteiger partial charge on any atom is 0.0562 e. The van der Waals surface area contributed by atoms with E-state index in [1.165, 1.54) is 5.69 Å². The summed E-state index contributed by atoms with van der Waals surface area (Å²) in [7, 11) is 0. The second-order valence-electron chi connectivity index (χ2n) is 6.15. The van der Waals surface area contributed by atoms with Gasteiger partial charge in [0.1, 0.15) is 0 Å². The number of pyridine rings is 1. The first-order chi connectivity index (χ1) is 8.87. The van der Waals surface area contributed by atoms with Crippen LogP contribution in [0.1, 0.15) is 53.7 Å². The van der Waals surface area contributed by atoms with Crippen LogP contribution in [-0.2, 0) is 6.54 Å². The average molecular weight is 263 g/mol. The minimum absolute atomic E-state index is 0.124. The molecule has 1 atom stereocenters. The first-order valence-corrected chi connectivity index (χ1v) is 7.34. The maximum atomic E-state index is 4.46. The first kappa shape index (κ1) is 16.0. The molecule has 1 heterocycles. The van der Waals surface area contributed by atoms with E-state index in [9.17, 15) is 0 Å². The van der Waals surface area contributed by atoms with E-state index in [0.29, 0.717) is 6.04 Å². The Bertz CT molecular complexity index is 382. The van der Waals surface area contributed by atoms with Gasteiger partial charge in [-0.1, -0.05) is 6.92 Å². The average Bonchev–Trinajstić information content (AvgIpc) is 2.37. The lowest BCUT2D eigenvalue weighted by Gasteiger charge is -2.30. The van der Waals surface area contributed by atoms with Gasteiger partial charge < -0.3 is 10.2 Å². The molecule has 19 heavy (non-hydrogen) atoms. The second kappa shape index (κ2) is 6.90. The minimum Gasteiger partial charge on any atom is -0.369 e. The van der Waals surface area contributed by atoms with Crippen molar-refractivity contribution < 1.29 is 0 Å². The zero-order valence-corrected chi connectivity index (χ0v) is 13.3. The van der Waals surface area contributed by atoms with Crippen molar-refractivity contribution in [3.05, 3.63) is 24.0 Å². The molecule has 1 aromatic rings. The Labute approximate surface area is 118 Å². The molecule has 0 amide bonds. The van der Waals surface area contributed by atoms with Crippen LogP contribution in [0, 0.1) is 0 Å². The van der Waals surface area contributed by atoms with E-state index in [0.717, 1.165) is 25.2 Å². The molecule has 1 rings (SSSR count). The zero-order valence-electron chi connectivity index (χ0n) is 13.3. The van der Waals surface area contributed by atoms with Crippen LogP contribution in [-0.4, -0.2) is 23.1 Å². The van der Waals surface area contributed by atoms with Gasteiger partial charge in [0.15, 0.2) is 0 Å². The quantitative estimate of drug-likeness (QED) is 0.850. The lowest BCUT2D eigenvalue weighted by molar-refractivity contribution is 0.421. The first-order valence-electron chi connectivity index (χ1n) is 7.34. The molecule has 0 radical (unpaired) electrons. The van der Waals surface area contributed by atoms with Crippen molar-refractivity contribution in [1.29, 1.82) is 0 Å². The van der Waals surface area contributed by atoms with Crippen LogP contribution in [0.5, 0.6) is 0 Å². The van der Waals surface area contributed by atoms with Crippen LogP contribution in [0.3, 0.4) is 0 Å². The highest BCUT2D eigenvalue weighted by molar-refractivity contribution is 5.47. The fourth-order valence-corrected chi connectivity index (χ4v) is 2.07. The Morgan fingerprint density at radius 2 is 2.00 bits per heavy atom. The third kappa shape index (κ3) is 5.19. The van der Waals surface area contributed by atoms with Crippen molar-refractivity contribution in [2.45, 2.75) is 66.1 Å². The van der Waals surface area contributed by atoms with Crippen LogP contribution in [0.25, 0.3) is 0 Å². The van der Waals surface area contributed by atoms with Crippen molar-refractivity contribution in [3.63, 3.8) is 0 Å². The molecule has 0 saturated carbocycles. The normalized spacial score (nSPS) is 13.4. The van der Waals surface area contributed by atoms with Gasteiger partial charge in [0.25, 0.3) is 0 Å². The third-order valence-electron chi connectivity index (χ3n) is 3.40. The molecule has 0 fully saturated rings. The van der Waals surface area contributed by atoms with Gasteiger partial charge in [0, 0.05) is 36.6 Å². The van der Waals surface area contributed by atoms with Gasteiger partial charge in [-0.2, -0.15) is 0 Å². The summed E-state index contributed by atoms with van der Waals surface area (Å²) in [4.78, 5) is 6.89. The predicted molar refractivity (Wildman–Crippen MR) is 83.6 cm³/mol. The Morgan fingerprint density at radius 3 is 2.53 bits per heavy atom. The molecule has 0 aliphatic rings. The monoisotopic (exact) mass is 263 g/mol. The highest BCUT2D eigenvalue weighted by Gasteiger charge is 2.13. The minimum atomic E-state index is 0.124. The Balaban J connectivity index is 2.81. The number of hydrogen-bond donors (Lipinski definition) is 1. The largest absolute Gasteiger partial charge is 0.369 e. The number of rotatable bonds is 6. The summed E-state index contributed by atoms with van der Waals surface area (Å²) in [6, 6.07) is 4.88. The maximum absolute atomic E-state index is 4.46. The summed E-state index contributed by atoms with van der Waals surface area (Å²) in [5, 5.41) is 3.48. The standard InChI is InChI=1S/C16H29N3/c1-7-13(3)19(8-2)15-9-10-17-14(11-15)12-18-16(4,5)6/h9-11,13,18H,7-8,12H2,1-6H3. The van der Waals surface area contributed by atoms with Gasteiger partial charge in [-0.15, -0.1) is 0 Å². The molecule has 0 aromatic carbocycles. The number of nitrogens with zero attached hydrogens (tertiary/aromatic N) is 2. The summed E-state index contributed by atoms with van der Waals surface area (Å²) in [6.45, 7) is 15.1. The molecule has 1 N–H and O–H groups in total. The second-order valence-corrected chi connectivity index (χ2v) is 6.15. The van der Waals surface area contributed by atoms with Gasteiger partial charge in [0.05, 0.1) is 5.69 Å². The van der Waals surface area contributed by atoms with Gasteiger partial charge in [-0.05, 0) is 53.2 Å². The van der Waals surface area contributed by atoms with E-state index in [4.69, 9.17) is 0 Å². The van der Waals surface area contributed by atoms with E-state index in [1.54, 1.807) is 0 Å². The summed E-state index contributed by atoms with van der Waals surface area (Å²) in [5.41, 5.74) is 2.51. The number of hydrogen-bond acceptors (Lipinski definition) is 3. The topological polar surface area (TPSA) is 28.2 Å². The van der Waals surface area contributed by atoms with Crippen molar-refractivity contribution in [3.8, 4) is 0 Å². The number of anilines is 1. The molecular weight excluding hydrogens is 234 g/mol. The van der Waals surface area contributed by atoms with E-state index in [2.05, 4.69) is 68.9 Å². The lowest BCUT2D eigenvalue weighted by Crippen LogP contribution is -2.35. The van der Waals surface area contributed by atoms with Crippen molar-refractivity contribution >= 4 is 5.69 Å². The van der Waals surface area contributed by atoms with Gasteiger partial charge in [-0.3, -0.25) is 4.98 Å². The van der Waals surface area contributed by atoms with Crippen LogP contribution >= 0.6 is 0 Å². The van der Waals surface area contributed by atoms with Crippen molar-refractivity contribution in [1.82, 2.24) is 10.3 Å². The molecule has 0 saturated heterocycles. The van der Waals surface area contributed by atoms with Crippen LogP contribution in [0.4, 0.5) is 5.69 Å². The molecule has 1 unspecified atom stereocenters. The summed E-state index contributed by atoms with van der Waals surface area (Å²) in [6.07, 6.45) is 3.08. The van der Waals surface area contributed by atoms with Gasteiger partial charge in [-0.25, -0.2) is 0 Å². The van der Waals surface area contributed by atoms with Gasteiger partial charge >= 0.3 is 0 Å². The molecule has 3 nitrogen and oxygen atoms in total. The smallest absolute Gasteiger partial charge is 0.0562 e. The number of aromatic nitrogens is 1. The van der Waals surface area contributed by atoms with Gasteiger partial charge in [0.2, 0.25) is 0 Å². The van der Waals surface area contributed by atoms with Crippen molar-refractivity contribution in [2.24, 2.45) is 0 Å². The highest BCUT2D eigenvalue weighted by Crippen LogP contribution is 2.19. The summed E-state index contributed by atoms with van der Waals surface area (Å²) >= 11 is 0. The van der Waals surface area contributed by atoms with E-state index in [-0.39, 0.29) is 5.54 Å². The summed E-state index contributed by atoms with van der Waals surface area (Å²) in [5.74, 6) is 0. The molecule has 1 aromatic heterocycles. The molecule has 0 spiro atoms. The van der Waals surface area contributed by atoms with Crippen LogP contribution < -0.4 is 10.2 Å². The van der Waals surface area contributed by atoms with E-state index < -0.39 is 0 Å². The predicted octanol–water partition coefficient (Wildman–Crippen LogP) is 3.59. The molecule has 0 aliphatic heterocycles. The van der Waals surface area contributed by atoms with Crippen LogP contribution in [0.15, 0.2) is 18.3 Å². The Kier molecular flexibility index (Phi) is 5.80. The molecular formula is C16H29N3. The fourth-order valence-electron chi connectivity index (χ4n) is 2.07. The Hall–Kier alpha value is -1.09. The summed E-state index contributed by atoms with van der Waals surface area (Å²) < 4.78 is 0. The molecule has 0 bridgehead atoms. The zero-order chi connectivity index (χ0) is 14.5. The molecule has 0 aliphatic carbocycles. The third-order valence-corrected chi connectivity index (χ3v) is 3.40. The lowest BCUT2D eigenvalue weighted by atomic mass is 10.1. The van der Waals surface area contributed by atoms with E-state index >= 15 is 0 Å². The highest BCUT2D eigenvalue weighted by atomic mass is 15.2. The van der Waals surface area contributed by atoms with Crippen LogP contribution in [0.2, 0.25) is 0 Å². The van der Waals surface area contributed by atoms with E-state index in [1.807, 2.05) is 6.20 Å². The fraction of sp³-hybridized carbons (Fsp3) is 0.688. The Morgan fingerprint density at radius 1 is 1.32 bits per heavy atom. The number of nitrogens with one attached hydrogen (secondary N) is 1. The molecule has 3 heteroatoms. The molecule has 108 valence electrons.